The van der Waals surface area contributed by atoms with E-state index in [1.807, 2.05) is 0 Å². The molecule has 0 atom stereocenters. The topological polar surface area (TPSA) is 26.3 Å². The lowest BCUT2D eigenvalue weighted by Gasteiger charge is -2.11. The van der Waals surface area contributed by atoms with E-state index >= 15 is 0 Å². The highest BCUT2D eigenvalue weighted by atomic mass is 79.9. The molecule has 0 radical (unpaired) electrons. The SMILES string of the molecule is COc1ccc(Cl)cc1C(=O)c1cc(Br)cc(C(F)(F)F)c1. The first-order chi connectivity index (χ1) is 10.2. The van der Waals surface area contributed by atoms with Crippen molar-refractivity contribution in [3.05, 3.63) is 62.6 Å². The fourth-order valence-corrected chi connectivity index (χ4v) is 2.56. The maximum absolute atomic E-state index is 12.8. The van der Waals surface area contributed by atoms with Gasteiger partial charge in [-0.15, -0.1) is 0 Å². The minimum atomic E-state index is -4.54. The monoisotopic (exact) mass is 392 g/mol. The summed E-state index contributed by atoms with van der Waals surface area (Å²) in [6.07, 6.45) is -4.54. The van der Waals surface area contributed by atoms with Gasteiger partial charge >= 0.3 is 6.18 Å². The Kier molecular flexibility index (Phi) is 4.82. The number of alkyl halides is 3. The van der Waals surface area contributed by atoms with Crippen LogP contribution >= 0.6 is 27.5 Å². The van der Waals surface area contributed by atoms with Crippen molar-refractivity contribution in [2.75, 3.05) is 7.11 Å². The molecule has 0 aliphatic carbocycles. The van der Waals surface area contributed by atoms with Crippen molar-refractivity contribution < 1.29 is 22.7 Å². The predicted molar refractivity (Wildman–Crippen MR) is 80.6 cm³/mol. The van der Waals surface area contributed by atoms with Crippen LogP contribution in [-0.2, 0) is 6.18 Å². The van der Waals surface area contributed by atoms with E-state index in [1.54, 1.807) is 0 Å². The summed E-state index contributed by atoms with van der Waals surface area (Å²) in [5, 5.41) is 0.287. The molecule has 0 spiro atoms. The van der Waals surface area contributed by atoms with Crippen LogP contribution in [0.4, 0.5) is 13.2 Å². The van der Waals surface area contributed by atoms with Crippen LogP contribution in [0, 0.1) is 0 Å². The van der Waals surface area contributed by atoms with Gasteiger partial charge in [0.05, 0.1) is 18.2 Å². The van der Waals surface area contributed by atoms with E-state index in [2.05, 4.69) is 15.9 Å². The van der Waals surface area contributed by atoms with E-state index in [9.17, 15) is 18.0 Å². The van der Waals surface area contributed by atoms with Gasteiger partial charge in [-0.3, -0.25) is 4.79 Å². The highest BCUT2D eigenvalue weighted by Gasteiger charge is 2.32. The lowest BCUT2D eigenvalue weighted by Crippen LogP contribution is -2.09. The lowest BCUT2D eigenvalue weighted by atomic mass is 10.0. The van der Waals surface area contributed by atoms with Crippen molar-refractivity contribution in [1.29, 1.82) is 0 Å². The van der Waals surface area contributed by atoms with Gasteiger partial charge in [0.2, 0.25) is 0 Å². The summed E-state index contributed by atoms with van der Waals surface area (Å²) in [4.78, 5) is 12.5. The molecule has 0 unspecified atom stereocenters. The third-order valence-corrected chi connectivity index (χ3v) is 3.59. The number of carbonyl (C=O) groups excluding carboxylic acids is 1. The normalized spacial score (nSPS) is 11.4. The zero-order valence-corrected chi connectivity index (χ0v) is 13.5. The number of ketones is 1. The Morgan fingerprint density at radius 1 is 1.18 bits per heavy atom. The molecule has 0 aromatic heterocycles. The zero-order chi connectivity index (χ0) is 16.5. The van der Waals surface area contributed by atoms with Crippen LogP contribution in [-0.4, -0.2) is 12.9 Å². The number of methoxy groups -OCH3 is 1. The zero-order valence-electron chi connectivity index (χ0n) is 11.2. The van der Waals surface area contributed by atoms with E-state index in [4.69, 9.17) is 16.3 Å². The number of ether oxygens (including phenoxy) is 1. The van der Waals surface area contributed by atoms with Crippen LogP contribution in [0.3, 0.4) is 0 Å². The first-order valence-corrected chi connectivity index (χ1v) is 7.15. The van der Waals surface area contributed by atoms with Crippen LogP contribution in [0.2, 0.25) is 5.02 Å². The molecule has 2 aromatic rings. The van der Waals surface area contributed by atoms with Gasteiger partial charge in [-0.1, -0.05) is 27.5 Å². The summed E-state index contributed by atoms with van der Waals surface area (Å²) in [7, 11) is 1.36. The summed E-state index contributed by atoms with van der Waals surface area (Å²) >= 11 is 8.83. The fraction of sp³-hybridized carbons (Fsp3) is 0.133. The molecule has 2 nitrogen and oxygen atoms in total. The Hall–Kier alpha value is -1.53. The Morgan fingerprint density at radius 2 is 1.86 bits per heavy atom. The maximum atomic E-state index is 12.8. The molecule has 7 heteroatoms. The number of rotatable bonds is 3. The van der Waals surface area contributed by atoms with Crippen LogP contribution in [0.5, 0.6) is 5.75 Å². The third-order valence-electron chi connectivity index (χ3n) is 2.89. The van der Waals surface area contributed by atoms with Gasteiger partial charge in [-0.25, -0.2) is 0 Å². The summed E-state index contributed by atoms with van der Waals surface area (Å²) < 4.78 is 43.8. The molecule has 0 amide bonds. The quantitative estimate of drug-likeness (QED) is 0.656. The number of benzene rings is 2. The number of hydrogen-bond donors (Lipinski definition) is 0. The highest BCUT2D eigenvalue weighted by Crippen LogP contribution is 2.33. The van der Waals surface area contributed by atoms with Crippen molar-refractivity contribution in [1.82, 2.24) is 0 Å². The molecule has 0 saturated heterocycles. The molecule has 0 heterocycles. The number of carbonyl (C=O) groups is 1. The second kappa shape index (κ2) is 6.30. The average Bonchev–Trinajstić information content (AvgIpc) is 2.45. The summed E-state index contributed by atoms with van der Waals surface area (Å²) in [6, 6.07) is 7.39. The molecule has 2 rings (SSSR count). The van der Waals surface area contributed by atoms with Crippen LogP contribution in [0.25, 0.3) is 0 Å². The molecular weight excluding hydrogens is 385 g/mol. The van der Waals surface area contributed by atoms with E-state index in [0.29, 0.717) is 0 Å². The molecule has 0 bridgehead atoms. The summed E-state index contributed by atoms with van der Waals surface area (Å²) in [5.74, 6) is -0.367. The summed E-state index contributed by atoms with van der Waals surface area (Å²) in [5.41, 5.74) is -0.922. The van der Waals surface area contributed by atoms with Crippen molar-refractivity contribution >= 4 is 33.3 Å². The predicted octanol–water partition coefficient (Wildman–Crippen LogP) is 5.36. The smallest absolute Gasteiger partial charge is 0.416 e. The van der Waals surface area contributed by atoms with Gasteiger partial charge in [0.25, 0.3) is 0 Å². The number of halogens is 5. The van der Waals surface area contributed by atoms with Crippen molar-refractivity contribution in [3.8, 4) is 5.75 Å². The van der Waals surface area contributed by atoms with Gasteiger partial charge in [0.1, 0.15) is 5.75 Å². The molecule has 22 heavy (non-hydrogen) atoms. The first-order valence-electron chi connectivity index (χ1n) is 5.98. The number of hydrogen-bond acceptors (Lipinski definition) is 2. The van der Waals surface area contributed by atoms with Crippen molar-refractivity contribution in [2.45, 2.75) is 6.18 Å². The molecule has 0 aliphatic heterocycles. The average molecular weight is 394 g/mol. The van der Waals surface area contributed by atoms with Crippen LogP contribution in [0.1, 0.15) is 21.5 Å². The molecule has 0 fully saturated rings. The molecule has 0 aliphatic rings. The van der Waals surface area contributed by atoms with E-state index in [0.717, 1.165) is 12.1 Å². The molecule has 0 N–H and O–H groups in total. The van der Waals surface area contributed by atoms with Gasteiger partial charge in [-0.2, -0.15) is 13.2 Å². The molecule has 116 valence electrons. The highest BCUT2D eigenvalue weighted by molar-refractivity contribution is 9.10. The Morgan fingerprint density at radius 3 is 2.45 bits per heavy atom. The Balaban J connectivity index is 2.55. The second-order valence-corrected chi connectivity index (χ2v) is 5.75. The first kappa shape index (κ1) is 16.8. The van der Waals surface area contributed by atoms with Gasteiger partial charge in [0, 0.05) is 15.1 Å². The van der Waals surface area contributed by atoms with Crippen molar-refractivity contribution in [2.24, 2.45) is 0 Å². The third kappa shape index (κ3) is 3.62. The lowest BCUT2D eigenvalue weighted by molar-refractivity contribution is -0.137. The van der Waals surface area contributed by atoms with Gasteiger partial charge < -0.3 is 4.74 Å². The summed E-state index contributed by atoms with van der Waals surface area (Å²) in [6.45, 7) is 0. The van der Waals surface area contributed by atoms with E-state index in [1.165, 1.54) is 31.4 Å². The minimum Gasteiger partial charge on any atom is -0.496 e. The van der Waals surface area contributed by atoms with Crippen molar-refractivity contribution in [3.63, 3.8) is 0 Å². The van der Waals surface area contributed by atoms with Gasteiger partial charge in [0.15, 0.2) is 5.78 Å². The second-order valence-electron chi connectivity index (χ2n) is 4.40. The molecule has 2 aromatic carbocycles. The minimum absolute atomic E-state index is 0.0984. The van der Waals surface area contributed by atoms with E-state index < -0.39 is 17.5 Å². The Bertz CT molecular complexity index is 729. The molecular formula is C15H9BrClF3O2. The van der Waals surface area contributed by atoms with E-state index in [-0.39, 0.29) is 26.4 Å². The maximum Gasteiger partial charge on any atom is 0.416 e. The van der Waals surface area contributed by atoms with Crippen LogP contribution in [0.15, 0.2) is 40.9 Å². The molecule has 0 saturated carbocycles. The largest absolute Gasteiger partial charge is 0.496 e. The fourth-order valence-electron chi connectivity index (χ4n) is 1.90. The van der Waals surface area contributed by atoms with Gasteiger partial charge in [-0.05, 0) is 36.4 Å². The van der Waals surface area contributed by atoms with Crippen LogP contribution < -0.4 is 4.74 Å². The standard InChI is InChI=1S/C15H9BrClF3O2/c1-22-13-3-2-11(17)7-12(13)14(21)8-4-9(15(18,19)20)6-10(16)5-8/h2-7H,1H3. The Labute approximate surface area is 138 Å².